The number of carbonyl (C=O) groups is 2. The van der Waals surface area contributed by atoms with Crippen molar-refractivity contribution in [1.29, 1.82) is 0 Å². The molecule has 1 N–H and O–H groups in total. The molecule has 0 amide bonds. The van der Waals surface area contributed by atoms with Gasteiger partial charge in [0.2, 0.25) is 0 Å². The van der Waals surface area contributed by atoms with Gasteiger partial charge in [-0.2, -0.15) is 0 Å². The predicted octanol–water partition coefficient (Wildman–Crippen LogP) is 3.94. The lowest BCUT2D eigenvalue weighted by Crippen LogP contribution is -2.58. The largest absolute Gasteiger partial charge is 0.393 e. The van der Waals surface area contributed by atoms with Gasteiger partial charge in [0.15, 0.2) is 5.78 Å². The van der Waals surface area contributed by atoms with Crippen LogP contribution in [0.2, 0.25) is 0 Å². The number of Topliss-reactive ketones (excluding diaryl/α,β-unsaturated/α-hetero) is 1. The fourth-order valence-corrected chi connectivity index (χ4v) is 7.79. The monoisotopic (exact) mass is 344 g/mol. The lowest BCUT2D eigenvalue weighted by Gasteiger charge is -2.61. The van der Waals surface area contributed by atoms with Crippen LogP contribution in [0.1, 0.15) is 66.2 Å². The molecule has 0 saturated heterocycles. The Labute approximate surface area is 151 Å². The van der Waals surface area contributed by atoms with E-state index in [1.54, 1.807) is 6.92 Å². The second-order valence-corrected chi connectivity index (χ2v) is 9.93. The minimum absolute atomic E-state index is 0.0474. The summed E-state index contributed by atoms with van der Waals surface area (Å²) in [6.07, 6.45) is 6.93. The van der Waals surface area contributed by atoms with Crippen LogP contribution in [-0.2, 0) is 9.59 Å². The highest BCUT2D eigenvalue weighted by Gasteiger charge is 2.63. The topological polar surface area (TPSA) is 54.4 Å². The zero-order chi connectivity index (χ0) is 18.1. The van der Waals surface area contributed by atoms with E-state index in [-0.39, 0.29) is 34.6 Å². The summed E-state index contributed by atoms with van der Waals surface area (Å²) in [5.74, 6) is 2.33. The summed E-state index contributed by atoms with van der Waals surface area (Å²) in [6, 6.07) is 0. The van der Waals surface area contributed by atoms with Crippen molar-refractivity contribution in [2.75, 3.05) is 0 Å². The number of ketones is 2. The molecule has 3 nitrogen and oxygen atoms in total. The zero-order valence-electron chi connectivity index (χ0n) is 16.0. The lowest BCUT2D eigenvalue weighted by atomic mass is 9.44. The third kappa shape index (κ3) is 2.27. The van der Waals surface area contributed by atoms with Crippen molar-refractivity contribution >= 4 is 11.6 Å². The fourth-order valence-electron chi connectivity index (χ4n) is 7.79. The summed E-state index contributed by atoms with van der Waals surface area (Å²) in [6.45, 7) is 8.55. The van der Waals surface area contributed by atoms with E-state index in [0.717, 1.165) is 32.1 Å². The first kappa shape index (κ1) is 17.5. The Morgan fingerprint density at radius 3 is 2.68 bits per heavy atom. The van der Waals surface area contributed by atoms with Crippen molar-refractivity contribution in [2.45, 2.75) is 72.3 Å². The van der Waals surface area contributed by atoms with Gasteiger partial charge < -0.3 is 5.11 Å². The molecule has 3 fully saturated rings. The average Bonchev–Trinajstić information content (AvgIpc) is 2.85. The van der Waals surface area contributed by atoms with E-state index in [9.17, 15) is 14.7 Å². The van der Waals surface area contributed by atoms with Gasteiger partial charge in [-0.05, 0) is 79.6 Å². The van der Waals surface area contributed by atoms with E-state index in [4.69, 9.17) is 0 Å². The van der Waals surface area contributed by atoms with Crippen LogP contribution in [0.15, 0.2) is 11.6 Å². The Morgan fingerprint density at radius 2 is 2.00 bits per heavy atom. The van der Waals surface area contributed by atoms with Crippen LogP contribution in [0.4, 0.5) is 0 Å². The van der Waals surface area contributed by atoms with E-state index >= 15 is 0 Å². The summed E-state index contributed by atoms with van der Waals surface area (Å²) in [4.78, 5) is 24.3. The summed E-state index contributed by atoms with van der Waals surface area (Å²) in [5.41, 5.74) is 1.19. The fraction of sp³-hybridized carbons (Fsp3) is 0.818. The molecule has 8 atom stereocenters. The van der Waals surface area contributed by atoms with Gasteiger partial charge in [0.25, 0.3) is 0 Å². The van der Waals surface area contributed by atoms with Gasteiger partial charge in [0.1, 0.15) is 5.78 Å². The first-order valence-electron chi connectivity index (χ1n) is 10.1. The zero-order valence-corrected chi connectivity index (χ0v) is 16.0. The highest BCUT2D eigenvalue weighted by Crippen LogP contribution is 2.67. The molecule has 3 saturated carbocycles. The number of hydrogen-bond donors (Lipinski definition) is 1. The van der Waals surface area contributed by atoms with Crippen molar-refractivity contribution in [1.82, 2.24) is 0 Å². The normalized spacial score (nSPS) is 52.0. The van der Waals surface area contributed by atoms with Gasteiger partial charge in [-0.15, -0.1) is 0 Å². The molecular formula is C22H32O3. The molecule has 0 heterocycles. The van der Waals surface area contributed by atoms with Crippen LogP contribution in [0.5, 0.6) is 0 Å². The molecule has 3 heteroatoms. The maximum atomic E-state index is 12.2. The molecule has 0 aromatic carbocycles. The Hall–Kier alpha value is -0.960. The number of carbonyl (C=O) groups excluding carboxylic acids is 2. The van der Waals surface area contributed by atoms with Crippen LogP contribution in [0.25, 0.3) is 0 Å². The number of aliphatic hydroxyl groups excluding tert-OH is 1. The Balaban J connectivity index is 1.76. The van der Waals surface area contributed by atoms with Crippen LogP contribution in [-0.4, -0.2) is 22.8 Å². The molecular weight excluding hydrogens is 312 g/mol. The summed E-state index contributed by atoms with van der Waals surface area (Å²) >= 11 is 0. The highest BCUT2D eigenvalue weighted by molar-refractivity contribution is 5.91. The second kappa shape index (κ2) is 5.52. The Bertz CT molecular complexity index is 650. The molecule has 6 unspecified atom stereocenters. The number of allylic oxidation sites excluding steroid dienone is 1. The molecule has 4 aliphatic rings. The van der Waals surface area contributed by atoms with Gasteiger partial charge in [-0.25, -0.2) is 0 Å². The molecule has 0 bridgehead atoms. The molecule has 4 rings (SSSR count). The molecule has 25 heavy (non-hydrogen) atoms. The standard InChI is InChI=1S/C22H32O3/c1-12-9-15-17-6-5-16(13(2)23)22(17,4)11-19(25)20(15)21(3)8-7-14(24)10-18(12)21/h10,12,15-17,19-20,25H,5-9,11H2,1-4H3/t12?,15?,16?,17?,19?,20?,21-,22+/m0/s1. The van der Waals surface area contributed by atoms with E-state index in [0.29, 0.717) is 30.0 Å². The lowest BCUT2D eigenvalue weighted by molar-refractivity contribution is -0.147. The first-order valence-corrected chi connectivity index (χ1v) is 10.1. The van der Waals surface area contributed by atoms with Crippen LogP contribution in [0, 0.1) is 40.4 Å². The molecule has 4 aliphatic carbocycles. The minimum atomic E-state index is -0.361. The SMILES string of the molecule is CC(=O)C1CCC2C3CC(C)C4=CC(=O)CC[C@]4(C)C3C(O)C[C@]12C. The minimum Gasteiger partial charge on any atom is -0.393 e. The van der Waals surface area contributed by atoms with Crippen molar-refractivity contribution < 1.29 is 14.7 Å². The van der Waals surface area contributed by atoms with Crippen molar-refractivity contribution in [3.05, 3.63) is 11.6 Å². The number of fused-ring (bicyclic) bond motifs is 5. The Kier molecular flexibility index (Phi) is 3.85. The van der Waals surface area contributed by atoms with Crippen LogP contribution in [0.3, 0.4) is 0 Å². The summed E-state index contributed by atoms with van der Waals surface area (Å²) < 4.78 is 0. The molecule has 0 aliphatic heterocycles. The average molecular weight is 344 g/mol. The molecule has 0 spiro atoms. The van der Waals surface area contributed by atoms with Crippen molar-refractivity contribution in [3.63, 3.8) is 0 Å². The van der Waals surface area contributed by atoms with Gasteiger partial charge in [0, 0.05) is 12.3 Å². The van der Waals surface area contributed by atoms with E-state index in [2.05, 4.69) is 20.8 Å². The Morgan fingerprint density at radius 1 is 1.28 bits per heavy atom. The van der Waals surface area contributed by atoms with Gasteiger partial charge in [-0.3, -0.25) is 9.59 Å². The van der Waals surface area contributed by atoms with Gasteiger partial charge in [0.05, 0.1) is 6.10 Å². The van der Waals surface area contributed by atoms with E-state index in [1.807, 2.05) is 6.08 Å². The molecule has 0 aromatic heterocycles. The van der Waals surface area contributed by atoms with E-state index < -0.39 is 0 Å². The first-order chi connectivity index (χ1) is 11.7. The van der Waals surface area contributed by atoms with Crippen molar-refractivity contribution in [3.8, 4) is 0 Å². The van der Waals surface area contributed by atoms with Crippen LogP contribution < -0.4 is 0 Å². The molecule has 0 radical (unpaired) electrons. The third-order valence-electron chi connectivity index (χ3n) is 8.70. The van der Waals surface area contributed by atoms with Gasteiger partial charge >= 0.3 is 0 Å². The number of hydrogen-bond acceptors (Lipinski definition) is 3. The quantitative estimate of drug-likeness (QED) is 0.784. The van der Waals surface area contributed by atoms with Crippen LogP contribution >= 0.6 is 0 Å². The second-order valence-electron chi connectivity index (χ2n) is 9.93. The molecule has 0 aromatic rings. The summed E-state index contributed by atoms with van der Waals surface area (Å²) in [7, 11) is 0. The predicted molar refractivity (Wildman–Crippen MR) is 96.8 cm³/mol. The molecule has 138 valence electrons. The maximum absolute atomic E-state index is 12.2. The van der Waals surface area contributed by atoms with E-state index in [1.165, 1.54) is 5.57 Å². The number of aliphatic hydroxyl groups is 1. The highest BCUT2D eigenvalue weighted by atomic mass is 16.3. The number of rotatable bonds is 1. The third-order valence-corrected chi connectivity index (χ3v) is 8.70. The van der Waals surface area contributed by atoms with Crippen molar-refractivity contribution in [2.24, 2.45) is 40.4 Å². The maximum Gasteiger partial charge on any atom is 0.155 e. The van der Waals surface area contributed by atoms with Gasteiger partial charge in [-0.1, -0.05) is 26.3 Å². The summed E-state index contributed by atoms with van der Waals surface area (Å²) in [5, 5.41) is 11.2. The smallest absolute Gasteiger partial charge is 0.155 e.